The Morgan fingerprint density at radius 2 is 1.50 bits per heavy atom. The van der Waals surface area contributed by atoms with E-state index in [9.17, 15) is 16.8 Å². The van der Waals surface area contributed by atoms with Gasteiger partial charge in [0.25, 0.3) is 20.0 Å². The third kappa shape index (κ3) is 2.83. The molecule has 2 N–H and O–H groups in total. The quantitative estimate of drug-likeness (QED) is 0.723. The zero-order chi connectivity index (χ0) is 18.4. The second-order valence-electron chi connectivity index (χ2n) is 5.78. The molecule has 0 amide bonds. The van der Waals surface area contributed by atoms with E-state index < -0.39 is 20.0 Å². The molecule has 1 heterocycles. The monoisotopic (exact) mass is 386 g/mol. The van der Waals surface area contributed by atoms with Gasteiger partial charge in [-0.2, -0.15) is 0 Å². The first-order valence-electron chi connectivity index (χ1n) is 7.71. The number of hydrogen-bond acceptors (Lipinski definition) is 4. The van der Waals surface area contributed by atoms with Crippen molar-refractivity contribution in [3.8, 4) is 11.1 Å². The highest BCUT2D eigenvalue weighted by atomic mass is 32.2. The second-order valence-corrected chi connectivity index (χ2v) is 9.11. The molecular formula is C18H14N2O4S2. The fraction of sp³-hybridized carbons (Fsp3) is 0. The van der Waals surface area contributed by atoms with Crippen LogP contribution in [0.25, 0.3) is 11.1 Å². The summed E-state index contributed by atoms with van der Waals surface area (Å²) in [7, 11) is -7.36. The van der Waals surface area contributed by atoms with E-state index in [0.29, 0.717) is 22.5 Å². The smallest absolute Gasteiger partial charge is 0.262 e. The number of rotatable bonds is 3. The molecule has 0 fully saturated rings. The summed E-state index contributed by atoms with van der Waals surface area (Å²) in [6.45, 7) is 0. The Bertz CT molecular complexity index is 1200. The average Bonchev–Trinajstić information content (AvgIpc) is 2.63. The van der Waals surface area contributed by atoms with Crippen molar-refractivity contribution >= 4 is 31.4 Å². The van der Waals surface area contributed by atoms with Gasteiger partial charge in [0.2, 0.25) is 0 Å². The number of sulfonamides is 2. The normalized spacial score (nSPS) is 14.6. The fourth-order valence-corrected chi connectivity index (χ4v) is 5.23. The number of nitrogens with one attached hydrogen (secondary N) is 2. The molecule has 0 saturated heterocycles. The van der Waals surface area contributed by atoms with Crippen LogP contribution >= 0.6 is 0 Å². The van der Waals surface area contributed by atoms with E-state index in [2.05, 4.69) is 9.44 Å². The Hall–Kier alpha value is -2.84. The minimum absolute atomic E-state index is 0.152. The molecule has 26 heavy (non-hydrogen) atoms. The van der Waals surface area contributed by atoms with Gasteiger partial charge in [0.05, 0.1) is 15.5 Å². The molecule has 8 heteroatoms. The molecule has 0 aliphatic carbocycles. The first-order chi connectivity index (χ1) is 12.4. The molecule has 0 radical (unpaired) electrons. The van der Waals surface area contributed by atoms with Gasteiger partial charge < -0.3 is 0 Å². The summed E-state index contributed by atoms with van der Waals surface area (Å²) in [4.78, 5) is 0.314. The predicted octanol–water partition coefficient (Wildman–Crippen LogP) is 3.27. The van der Waals surface area contributed by atoms with E-state index in [1.165, 1.54) is 24.3 Å². The third-order valence-corrected chi connectivity index (χ3v) is 6.86. The molecule has 1 aliphatic heterocycles. The summed E-state index contributed by atoms with van der Waals surface area (Å²) in [6.07, 6.45) is 0. The summed E-state index contributed by atoms with van der Waals surface area (Å²) in [5, 5.41) is 0. The van der Waals surface area contributed by atoms with Crippen molar-refractivity contribution in [1.82, 2.24) is 0 Å². The standard InChI is InChI=1S/C18H14N2O4S2/c21-25(22,14-6-2-1-3-7-14)19-13-10-11-17-16(12-13)15-8-4-5-9-18(15)26(23,24)20-17/h1-12,19-20H. The summed E-state index contributed by atoms with van der Waals surface area (Å²) >= 11 is 0. The predicted molar refractivity (Wildman–Crippen MR) is 99.9 cm³/mol. The van der Waals surface area contributed by atoms with Crippen LogP contribution in [0.3, 0.4) is 0 Å². The lowest BCUT2D eigenvalue weighted by Crippen LogP contribution is -2.19. The first-order valence-corrected chi connectivity index (χ1v) is 10.7. The lowest BCUT2D eigenvalue weighted by atomic mass is 10.0. The molecule has 0 spiro atoms. The lowest BCUT2D eigenvalue weighted by molar-refractivity contribution is 0.599. The number of benzene rings is 3. The van der Waals surface area contributed by atoms with Crippen molar-refractivity contribution in [2.24, 2.45) is 0 Å². The van der Waals surface area contributed by atoms with Crippen LogP contribution in [0, 0.1) is 0 Å². The van der Waals surface area contributed by atoms with Crippen LogP contribution in [0.4, 0.5) is 11.4 Å². The summed E-state index contributed by atoms with van der Waals surface area (Å²) < 4.78 is 54.7. The van der Waals surface area contributed by atoms with Crippen LogP contribution in [0.15, 0.2) is 82.6 Å². The maximum atomic E-state index is 12.5. The van der Waals surface area contributed by atoms with E-state index >= 15 is 0 Å². The van der Waals surface area contributed by atoms with Crippen molar-refractivity contribution in [1.29, 1.82) is 0 Å². The Balaban J connectivity index is 1.78. The maximum absolute atomic E-state index is 12.5. The van der Waals surface area contributed by atoms with Crippen molar-refractivity contribution in [2.45, 2.75) is 9.79 Å². The Labute approximate surface area is 151 Å². The number of anilines is 2. The summed E-state index contributed by atoms with van der Waals surface area (Å²) in [6, 6.07) is 19.3. The molecular weight excluding hydrogens is 372 g/mol. The minimum atomic E-state index is -3.73. The van der Waals surface area contributed by atoms with Crippen molar-refractivity contribution in [2.75, 3.05) is 9.44 Å². The van der Waals surface area contributed by atoms with Crippen LogP contribution in [-0.2, 0) is 20.0 Å². The molecule has 132 valence electrons. The van der Waals surface area contributed by atoms with E-state index in [4.69, 9.17) is 0 Å². The van der Waals surface area contributed by atoms with Gasteiger partial charge >= 0.3 is 0 Å². The van der Waals surface area contributed by atoms with Gasteiger partial charge in [-0.3, -0.25) is 9.44 Å². The molecule has 0 aromatic heterocycles. The van der Waals surface area contributed by atoms with Crippen LogP contribution < -0.4 is 9.44 Å². The summed E-state index contributed by atoms with van der Waals surface area (Å²) in [5.41, 5.74) is 1.90. The maximum Gasteiger partial charge on any atom is 0.262 e. The molecule has 4 rings (SSSR count). The van der Waals surface area contributed by atoms with E-state index in [1.807, 2.05) is 0 Å². The van der Waals surface area contributed by atoms with Crippen molar-refractivity contribution in [3.63, 3.8) is 0 Å². The van der Waals surface area contributed by atoms with Gasteiger partial charge in [-0.05, 0) is 36.4 Å². The van der Waals surface area contributed by atoms with Gasteiger partial charge in [-0.15, -0.1) is 0 Å². The van der Waals surface area contributed by atoms with Crippen LogP contribution in [0.5, 0.6) is 0 Å². The lowest BCUT2D eigenvalue weighted by Gasteiger charge is -2.22. The minimum Gasteiger partial charge on any atom is -0.280 e. The molecule has 6 nitrogen and oxygen atoms in total. The third-order valence-electron chi connectivity index (χ3n) is 4.04. The van der Waals surface area contributed by atoms with Crippen molar-refractivity contribution in [3.05, 3.63) is 72.8 Å². The molecule has 3 aromatic carbocycles. The average molecular weight is 386 g/mol. The van der Waals surface area contributed by atoms with E-state index in [-0.39, 0.29) is 9.79 Å². The van der Waals surface area contributed by atoms with Gasteiger partial charge in [0, 0.05) is 16.8 Å². The SMILES string of the molecule is O=S(=O)(Nc1ccc2c(c1)-c1ccccc1S(=O)(=O)N2)c1ccccc1. The highest BCUT2D eigenvalue weighted by molar-refractivity contribution is 7.93. The van der Waals surface area contributed by atoms with Gasteiger partial charge in [-0.25, -0.2) is 16.8 Å². The van der Waals surface area contributed by atoms with Crippen LogP contribution in [-0.4, -0.2) is 16.8 Å². The van der Waals surface area contributed by atoms with Gasteiger partial charge in [0.1, 0.15) is 0 Å². The van der Waals surface area contributed by atoms with E-state index in [0.717, 1.165) is 0 Å². The molecule has 0 bridgehead atoms. The van der Waals surface area contributed by atoms with Gasteiger partial charge in [0.15, 0.2) is 0 Å². The number of fused-ring (bicyclic) bond motifs is 3. The van der Waals surface area contributed by atoms with Gasteiger partial charge in [-0.1, -0.05) is 36.4 Å². The molecule has 3 aromatic rings. The zero-order valence-corrected chi connectivity index (χ0v) is 15.0. The molecule has 1 aliphatic rings. The second kappa shape index (κ2) is 5.86. The first kappa shape index (κ1) is 16.6. The Morgan fingerprint density at radius 1 is 0.808 bits per heavy atom. The highest BCUT2D eigenvalue weighted by Crippen LogP contribution is 2.40. The van der Waals surface area contributed by atoms with Crippen LogP contribution in [0.1, 0.15) is 0 Å². The molecule has 0 atom stereocenters. The molecule has 0 unspecified atom stereocenters. The number of hydrogen-bond donors (Lipinski definition) is 2. The topological polar surface area (TPSA) is 92.3 Å². The summed E-state index contributed by atoms with van der Waals surface area (Å²) in [5.74, 6) is 0. The largest absolute Gasteiger partial charge is 0.280 e. The highest BCUT2D eigenvalue weighted by Gasteiger charge is 2.27. The molecule has 0 saturated carbocycles. The van der Waals surface area contributed by atoms with Crippen molar-refractivity contribution < 1.29 is 16.8 Å². The zero-order valence-electron chi connectivity index (χ0n) is 13.4. The fourth-order valence-electron chi connectivity index (χ4n) is 2.86. The Kier molecular flexibility index (Phi) is 3.74. The van der Waals surface area contributed by atoms with E-state index in [1.54, 1.807) is 48.5 Å². The van der Waals surface area contributed by atoms with Crippen LogP contribution in [0.2, 0.25) is 0 Å². The Morgan fingerprint density at radius 3 is 2.27 bits per heavy atom.